The minimum Gasteiger partial charge on any atom is -0.482 e. The molecule has 104 valence electrons. The van der Waals surface area contributed by atoms with Gasteiger partial charge in [-0.25, -0.2) is 4.79 Å². The molecule has 19 heavy (non-hydrogen) atoms. The second-order valence-electron chi connectivity index (χ2n) is 4.03. The zero-order valence-electron chi connectivity index (χ0n) is 10.7. The van der Waals surface area contributed by atoms with Crippen molar-refractivity contribution in [1.29, 1.82) is 0 Å². The average molecular weight is 269 g/mol. The van der Waals surface area contributed by atoms with Crippen molar-refractivity contribution in [1.82, 2.24) is 0 Å². The van der Waals surface area contributed by atoms with Crippen LogP contribution >= 0.6 is 0 Å². The molecule has 0 aromatic heterocycles. The number of aliphatic hydroxyl groups is 1. The predicted octanol–water partition coefficient (Wildman–Crippen LogP) is 1.42. The summed E-state index contributed by atoms with van der Waals surface area (Å²) in [5.74, 6) is -0.328. The van der Waals surface area contributed by atoms with Crippen LogP contribution in [0.1, 0.15) is 19.4 Å². The van der Waals surface area contributed by atoms with Gasteiger partial charge in [-0.1, -0.05) is 0 Å². The van der Waals surface area contributed by atoms with Gasteiger partial charge in [0.05, 0.1) is 17.6 Å². The zero-order valence-corrected chi connectivity index (χ0v) is 10.7. The quantitative estimate of drug-likeness (QED) is 0.476. The maximum absolute atomic E-state index is 11.3. The van der Waals surface area contributed by atoms with E-state index in [2.05, 4.69) is 0 Å². The second-order valence-corrected chi connectivity index (χ2v) is 4.03. The van der Waals surface area contributed by atoms with E-state index in [-0.39, 0.29) is 29.7 Å². The van der Waals surface area contributed by atoms with E-state index in [0.717, 1.165) is 0 Å². The lowest BCUT2D eigenvalue weighted by atomic mass is 10.2. The Morgan fingerprint density at radius 1 is 1.47 bits per heavy atom. The van der Waals surface area contributed by atoms with Crippen LogP contribution in [0.4, 0.5) is 5.69 Å². The van der Waals surface area contributed by atoms with Gasteiger partial charge in [-0.3, -0.25) is 10.1 Å². The van der Waals surface area contributed by atoms with Gasteiger partial charge in [0.1, 0.15) is 5.75 Å². The Bertz CT molecular complexity index is 471. The van der Waals surface area contributed by atoms with Gasteiger partial charge in [-0.05, 0) is 19.9 Å². The molecule has 0 aliphatic carbocycles. The molecule has 1 aromatic rings. The molecule has 0 radical (unpaired) electrons. The first kappa shape index (κ1) is 14.9. The zero-order chi connectivity index (χ0) is 14.4. The molecular weight excluding hydrogens is 254 g/mol. The highest BCUT2D eigenvalue weighted by atomic mass is 16.6. The summed E-state index contributed by atoms with van der Waals surface area (Å²) in [6.45, 7) is 2.69. The van der Waals surface area contributed by atoms with E-state index in [9.17, 15) is 14.9 Å². The van der Waals surface area contributed by atoms with Crippen molar-refractivity contribution < 1.29 is 24.3 Å². The summed E-state index contributed by atoms with van der Waals surface area (Å²) in [6, 6.07) is 3.78. The number of aliphatic hydroxyl groups excluding tert-OH is 1. The Labute approximate surface area is 109 Å². The molecule has 7 heteroatoms. The van der Waals surface area contributed by atoms with Gasteiger partial charge < -0.3 is 14.6 Å². The van der Waals surface area contributed by atoms with E-state index >= 15 is 0 Å². The third-order valence-corrected chi connectivity index (χ3v) is 2.14. The molecule has 1 N–H and O–H groups in total. The molecule has 1 aromatic carbocycles. The summed E-state index contributed by atoms with van der Waals surface area (Å²) < 4.78 is 10.0. The SMILES string of the molecule is CC(C)OC(=O)COc1ccc([N+](=O)[O-])cc1CO. The molecule has 0 aliphatic heterocycles. The van der Waals surface area contributed by atoms with Crippen LogP contribution in [0.3, 0.4) is 0 Å². The number of non-ortho nitro benzene ring substituents is 1. The fourth-order valence-corrected chi connectivity index (χ4v) is 1.38. The lowest BCUT2D eigenvalue weighted by Gasteiger charge is -2.11. The highest BCUT2D eigenvalue weighted by Crippen LogP contribution is 2.24. The van der Waals surface area contributed by atoms with Crippen molar-refractivity contribution in [2.75, 3.05) is 6.61 Å². The van der Waals surface area contributed by atoms with E-state index in [1.807, 2.05) is 0 Å². The number of carbonyl (C=O) groups is 1. The number of hydrogen-bond acceptors (Lipinski definition) is 6. The summed E-state index contributed by atoms with van der Waals surface area (Å²) in [6.07, 6.45) is -0.245. The minimum absolute atomic E-state index is 0.152. The third-order valence-electron chi connectivity index (χ3n) is 2.14. The van der Waals surface area contributed by atoms with Crippen molar-refractivity contribution in [3.63, 3.8) is 0 Å². The van der Waals surface area contributed by atoms with Gasteiger partial charge in [0.15, 0.2) is 6.61 Å². The summed E-state index contributed by atoms with van der Waals surface area (Å²) in [5.41, 5.74) is 0.0905. The van der Waals surface area contributed by atoms with E-state index in [4.69, 9.17) is 14.6 Å². The van der Waals surface area contributed by atoms with Gasteiger partial charge in [-0.15, -0.1) is 0 Å². The van der Waals surface area contributed by atoms with E-state index in [1.54, 1.807) is 13.8 Å². The topological polar surface area (TPSA) is 98.9 Å². The molecule has 0 saturated carbocycles. The molecule has 0 atom stereocenters. The Morgan fingerprint density at radius 3 is 2.68 bits per heavy atom. The Hall–Kier alpha value is -2.15. The highest BCUT2D eigenvalue weighted by Gasteiger charge is 2.13. The molecule has 0 bridgehead atoms. The number of benzene rings is 1. The van der Waals surface area contributed by atoms with Crippen LogP contribution in [0, 0.1) is 10.1 Å². The fourth-order valence-electron chi connectivity index (χ4n) is 1.38. The van der Waals surface area contributed by atoms with Crippen LogP contribution in [-0.2, 0) is 16.1 Å². The molecule has 7 nitrogen and oxygen atoms in total. The van der Waals surface area contributed by atoms with Gasteiger partial charge in [0.2, 0.25) is 0 Å². The number of nitro groups is 1. The lowest BCUT2D eigenvalue weighted by molar-refractivity contribution is -0.385. The smallest absolute Gasteiger partial charge is 0.344 e. The van der Waals surface area contributed by atoms with Crippen LogP contribution in [-0.4, -0.2) is 28.7 Å². The Balaban J connectivity index is 2.73. The number of nitrogens with zero attached hydrogens (tertiary/aromatic N) is 1. The van der Waals surface area contributed by atoms with Crippen molar-refractivity contribution in [2.45, 2.75) is 26.6 Å². The maximum atomic E-state index is 11.3. The molecule has 0 unspecified atom stereocenters. The summed E-state index contributed by atoms with van der Waals surface area (Å²) in [7, 11) is 0. The molecular formula is C12H15NO6. The van der Waals surface area contributed by atoms with E-state index in [0.29, 0.717) is 0 Å². The molecule has 0 aliphatic rings. The molecule has 0 fully saturated rings. The normalized spacial score (nSPS) is 10.3. The molecule has 0 amide bonds. The van der Waals surface area contributed by atoms with Gasteiger partial charge >= 0.3 is 5.97 Å². The van der Waals surface area contributed by atoms with Gasteiger partial charge in [0.25, 0.3) is 5.69 Å². The van der Waals surface area contributed by atoms with Gasteiger partial charge in [-0.2, -0.15) is 0 Å². The highest BCUT2D eigenvalue weighted by molar-refractivity contribution is 5.71. The standard InChI is InChI=1S/C12H15NO6/c1-8(2)19-12(15)7-18-11-4-3-10(13(16)17)5-9(11)6-14/h3-5,8,14H,6-7H2,1-2H3. The molecule has 1 rings (SSSR count). The number of hydrogen-bond donors (Lipinski definition) is 1. The first-order valence-electron chi connectivity index (χ1n) is 5.64. The van der Waals surface area contributed by atoms with Crippen LogP contribution in [0.5, 0.6) is 5.75 Å². The number of ether oxygens (including phenoxy) is 2. The minimum atomic E-state index is -0.573. The van der Waals surface area contributed by atoms with E-state index in [1.165, 1.54) is 18.2 Å². The number of rotatable bonds is 6. The molecule has 0 heterocycles. The predicted molar refractivity (Wildman–Crippen MR) is 65.7 cm³/mol. The fraction of sp³-hybridized carbons (Fsp3) is 0.417. The van der Waals surface area contributed by atoms with Crippen LogP contribution < -0.4 is 4.74 Å². The number of nitro benzene ring substituents is 1. The largest absolute Gasteiger partial charge is 0.482 e. The maximum Gasteiger partial charge on any atom is 0.344 e. The Morgan fingerprint density at radius 2 is 2.16 bits per heavy atom. The van der Waals surface area contributed by atoms with Crippen LogP contribution in [0.15, 0.2) is 18.2 Å². The van der Waals surface area contributed by atoms with Crippen LogP contribution in [0.25, 0.3) is 0 Å². The molecule has 0 saturated heterocycles. The summed E-state index contributed by atoms with van der Waals surface area (Å²) in [4.78, 5) is 21.3. The average Bonchev–Trinajstić information content (AvgIpc) is 2.35. The Kier molecular flexibility index (Phi) is 5.25. The summed E-state index contributed by atoms with van der Waals surface area (Å²) in [5, 5.41) is 19.7. The van der Waals surface area contributed by atoms with Crippen molar-refractivity contribution in [2.24, 2.45) is 0 Å². The monoisotopic (exact) mass is 269 g/mol. The summed E-state index contributed by atoms with van der Waals surface area (Å²) >= 11 is 0. The first-order valence-corrected chi connectivity index (χ1v) is 5.64. The second kappa shape index (κ2) is 6.69. The number of carbonyl (C=O) groups excluding carboxylic acids is 1. The van der Waals surface area contributed by atoms with Gasteiger partial charge in [0, 0.05) is 17.7 Å². The first-order chi connectivity index (χ1) is 8.93. The van der Waals surface area contributed by atoms with Crippen molar-refractivity contribution >= 4 is 11.7 Å². The lowest BCUT2D eigenvalue weighted by Crippen LogP contribution is -2.19. The van der Waals surface area contributed by atoms with Crippen LogP contribution in [0.2, 0.25) is 0 Å². The molecule has 0 spiro atoms. The third kappa shape index (κ3) is 4.55. The van der Waals surface area contributed by atoms with E-state index < -0.39 is 17.5 Å². The number of esters is 1. The van der Waals surface area contributed by atoms with Crippen molar-refractivity contribution in [3.8, 4) is 5.75 Å². The van der Waals surface area contributed by atoms with Crippen molar-refractivity contribution in [3.05, 3.63) is 33.9 Å².